The van der Waals surface area contributed by atoms with Gasteiger partial charge in [-0.2, -0.15) is 19.0 Å². The Bertz CT molecular complexity index is 514. The van der Waals surface area contributed by atoms with E-state index in [1.54, 1.807) is 12.4 Å². The predicted molar refractivity (Wildman–Crippen MR) is 69.5 cm³/mol. The summed E-state index contributed by atoms with van der Waals surface area (Å²) < 4.78 is 39.3. The monoisotopic (exact) mass is 309 g/mol. The van der Waals surface area contributed by atoms with Crippen LogP contribution in [0.4, 0.5) is 13.2 Å². The molecule has 0 aliphatic heterocycles. The molecular formula is C11H15ClF3N5. The molecule has 112 valence electrons. The van der Waals surface area contributed by atoms with E-state index in [2.05, 4.69) is 15.5 Å². The molecule has 2 aromatic heterocycles. The molecule has 0 aliphatic carbocycles. The summed E-state index contributed by atoms with van der Waals surface area (Å²) in [4.78, 5) is 0. The summed E-state index contributed by atoms with van der Waals surface area (Å²) in [5.74, 6) is 0. The minimum Gasteiger partial charge on any atom is -0.307 e. The third-order valence-corrected chi connectivity index (χ3v) is 2.57. The Balaban J connectivity index is 0.00000200. The second kappa shape index (κ2) is 7.91. The highest BCUT2D eigenvalue weighted by molar-refractivity contribution is 5.85. The number of aromatic nitrogens is 4. The van der Waals surface area contributed by atoms with Crippen LogP contribution >= 0.6 is 12.4 Å². The zero-order valence-corrected chi connectivity index (χ0v) is 11.4. The molecular weight excluding hydrogens is 295 g/mol. The van der Waals surface area contributed by atoms with Crippen molar-refractivity contribution in [2.75, 3.05) is 6.67 Å². The van der Waals surface area contributed by atoms with Gasteiger partial charge in [0.05, 0.1) is 18.4 Å². The number of alkyl halides is 3. The molecule has 0 aliphatic rings. The minimum absolute atomic E-state index is 0. The van der Waals surface area contributed by atoms with E-state index in [1.807, 2.05) is 0 Å². The van der Waals surface area contributed by atoms with E-state index >= 15 is 0 Å². The molecule has 0 spiro atoms. The fraction of sp³-hybridized carbons (Fsp3) is 0.455. The minimum atomic E-state index is -2.64. The summed E-state index contributed by atoms with van der Waals surface area (Å²) in [6.07, 6.45) is 4.67. The first-order valence-corrected chi connectivity index (χ1v) is 5.79. The maximum Gasteiger partial charge on any atom is 0.333 e. The van der Waals surface area contributed by atoms with Crippen LogP contribution in [-0.2, 0) is 19.6 Å². The lowest BCUT2D eigenvalue weighted by Gasteiger charge is -2.06. The van der Waals surface area contributed by atoms with Gasteiger partial charge in [0.2, 0.25) is 0 Å². The van der Waals surface area contributed by atoms with E-state index in [1.165, 1.54) is 16.9 Å². The Hall–Kier alpha value is -1.54. The number of nitrogens with one attached hydrogen (secondary N) is 1. The Morgan fingerprint density at radius 3 is 2.75 bits per heavy atom. The molecule has 20 heavy (non-hydrogen) atoms. The van der Waals surface area contributed by atoms with Gasteiger partial charge < -0.3 is 5.32 Å². The highest BCUT2D eigenvalue weighted by Crippen LogP contribution is 2.11. The standard InChI is InChI=1S/C11H14F3N5.ClH/c12-2-4-18-8-9(6-17-18)5-15-7-10-1-3-16-19(10)11(13)14;/h1,3,6,8,11,15H,2,4-5,7H2;1H. The summed E-state index contributed by atoms with van der Waals surface area (Å²) in [6.45, 7) is -2.14. The summed E-state index contributed by atoms with van der Waals surface area (Å²) in [6, 6.07) is 1.53. The second-order valence-electron chi connectivity index (χ2n) is 3.95. The number of nitrogens with zero attached hydrogens (tertiary/aromatic N) is 4. The Morgan fingerprint density at radius 1 is 1.25 bits per heavy atom. The molecule has 0 saturated carbocycles. The summed E-state index contributed by atoms with van der Waals surface area (Å²) in [5, 5.41) is 10.5. The van der Waals surface area contributed by atoms with Gasteiger partial charge in [0.1, 0.15) is 6.67 Å². The molecule has 2 aromatic rings. The SMILES string of the molecule is Cl.FCCn1cc(CNCc2ccnn2C(F)F)cn1. The molecule has 0 atom stereocenters. The maximum absolute atomic E-state index is 12.5. The second-order valence-corrected chi connectivity index (χ2v) is 3.95. The zero-order valence-electron chi connectivity index (χ0n) is 10.5. The maximum atomic E-state index is 12.5. The first kappa shape index (κ1) is 16.5. The van der Waals surface area contributed by atoms with Crippen molar-refractivity contribution in [3.8, 4) is 0 Å². The quantitative estimate of drug-likeness (QED) is 0.852. The van der Waals surface area contributed by atoms with E-state index in [0.29, 0.717) is 16.9 Å². The van der Waals surface area contributed by atoms with Crippen LogP contribution in [0.5, 0.6) is 0 Å². The molecule has 1 N–H and O–H groups in total. The van der Waals surface area contributed by atoms with Crippen LogP contribution in [0.3, 0.4) is 0 Å². The molecule has 0 saturated heterocycles. The van der Waals surface area contributed by atoms with Gasteiger partial charge in [-0.15, -0.1) is 12.4 Å². The van der Waals surface area contributed by atoms with Gasteiger partial charge in [0, 0.05) is 31.0 Å². The van der Waals surface area contributed by atoms with Gasteiger partial charge in [0.15, 0.2) is 0 Å². The van der Waals surface area contributed by atoms with Crippen molar-refractivity contribution in [1.29, 1.82) is 0 Å². The number of hydrogen-bond acceptors (Lipinski definition) is 3. The summed E-state index contributed by atoms with van der Waals surface area (Å²) in [5.41, 5.74) is 1.28. The fourth-order valence-electron chi connectivity index (χ4n) is 1.70. The van der Waals surface area contributed by atoms with Gasteiger partial charge >= 0.3 is 6.55 Å². The Labute approximate surface area is 120 Å². The van der Waals surface area contributed by atoms with Crippen LogP contribution in [0.2, 0.25) is 0 Å². The smallest absolute Gasteiger partial charge is 0.307 e. The Morgan fingerprint density at radius 2 is 2.05 bits per heavy atom. The van der Waals surface area contributed by atoms with Crippen molar-refractivity contribution in [2.24, 2.45) is 0 Å². The molecule has 0 amide bonds. The first-order chi connectivity index (χ1) is 9.20. The van der Waals surface area contributed by atoms with Gasteiger partial charge in [-0.25, -0.2) is 9.07 Å². The molecule has 2 rings (SSSR count). The first-order valence-electron chi connectivity index (χ1n) is 5.79. The fourth-order valence-corrected chi connectivity index (χ4v) is 1.70. The zero-order chi connectivity index (χ0) is 13.7. The van der Waals surface area contributed by atoms with Gasteiger partial charge in [-0.1, -0.05) is 0 Å². The summed E-state index contributed by atoms with van der Waals surface area (Å²) in [7, 11) is 0. The van der Waals surface area contributed by atoms with Crippen molar-refractivity contribution >= 4 is 12.4 Å². The molecule has 0 radical (unpaired) electrons. The average molecular weight is 310 g/mol. The van der Waals surface area contributed by atoms with E-state index in [4.69, 9.17) is 0 Å². The number of aryl methyl sites for hydroxylation is 1. The molecule has 0 aromatic carbocycles. The van der Waals surface area contributed by atoms with Crippen LogP contribution in [-0.4, -0.2) is 26.2 Å². The molecule has 2 heterocycles. The highest BCUT2D eigenvalue weighted by atomic mass is 35.5. The van der Waals surface area contributed by atoms with Crippen LogP contribution in [0, 0.1) is 0 Å². The number of hydrogen-bond donors (Lipinski definition) is 1. The van der Waals surface area contributed by atoms with E-state index in [-0.39, 0.29) is 25.5 Å². The number of halogens is 4. The lowest BCUT2D eigenvalue weighted by Crippen LogP contribution is -2.16. The largest absolute Gasteiger partial charge is 0.333 e. The van der Waals surface area contributed by atoms with Crippen molar-refractivity contribution in [3.63, 3.8) is 0 Å². The van der Waals surface area contributed by atoms with Crippen molar-refractivity contribution in [3.05, 3.63) is 35.9 Å². The van der Waals surface area contributed by atoms with Gasteiger partial charge in [-0.3, -0.25) is 4.68 Å². The van der Waals surface area contributed by atoms with Crippen LogP contribution < -0.4 is 5.32 Å². The lowest BCUT2D eigenvalue weighted by molar-refractivity contribution is 0.0531. The van der Waals surface area contributed by atoms with Crippen molar-refractivity contribution in [2.45, 2.75) is 26.2 Å². The Kier molecular flexibility index (Phi) is 6.53. The van der Waals surface area contributed by atoms with Gasteiger partial charge in [0.25, 0.3) is 0 Å². The summed E-state index contributed by atoms with van der Waals surface area (Å²) >= 11 is 0. The van der Waals surface area contributed by atoms with Crippen LogP contribution in [0.25, 0.3) is 0 Å². The molecule has 0 unspecified atom stereocenters. The van der Waals surface area contributed by atoms with Gasteiger partial charge in [-0.05, 0) is 6.07 Å². The van der Waals surface area contributed by atoms with Crippen LogP contribution in [0.15, 0.2) is 24.7 Å². The highest BCUT2D eigenvalue weighted by Gasteiger charge is 2.10. The molecule has 5 nitrogen and oxygen atoms in total. The molecule has 0 fully saturated rings. The van der Waals surface area contributed by atoms with Crippen molar-refractivity contribution < 1.29 is 13.2 Å². The number of rotatable bonds is 7. The van der Waals surface area contributed by atoms with Crippen molar-refractivity contribution in [1.82, 2.24) is 24.9 Å². The topological polar surface area (TPSA) is 47.7 Å². The lowest BCUT2D eigenvalue weighted by atomic mass is 10.3. The third-order valence-electron chi connectivity index (χ3n) is 2.57. The average Bonchev–Trinajstić information content (AvgIpc) is 2.99. The normalized spacial score (nSPS) is 10.8. The predicted octanol–water partition coefficient (Wildman–Crippen LogP) is 2.16. The molecule has 9 heteroatoms. The van der Waals surface area contributed by atoms with E-state index in [9.17, 15) is 13.2 Å². The van der Waals surface area contributed by atoms with Crippen LogP contribution in [0.1, 0.15) is 17.8 Å². The van der Waals surface area contributed by atoms with E-state index in [0.717, 1.165) is 5.56 Å². The van der Waals surface area contributed by atoms with E-state index < -0.39 is 13.2 Å². The molecule has 0 bridgehead atoms. The third kappa shape index (κ3) is 4.24.